The Morgan fingerprint density at radius 3 is 2.61 bits per heavy atom. The van der Waals surface area contributed by atoms with E-state index in [1.165, 1.54) is 0 Å². The molecule has 1 aliphatic rings. The fourth-order valence-electron chi connectivity index (χ4n) is 1.94. The van der Waals surface area contributed by atoms with Crippen molar-refractivity contribution in [3.63, 3.8) is 0 Å². The number of rotatable bonds is 1. The third-order valence-electron chi connectivity index (χ3n) is 2.92. The Kier molecular flexibility index (Phi) is 2.69. The maximum Gasteiger partial charge on any atom is 0.144 e. The molecule has 4 heteroatoms. The summed E-state index contributed by atoms with van der Waals surface area (Å²) in [6.07, 6.45) is -0.579. The summed E-state index contributed by atoms with van der Waals surface area (Å²) in [6, 6.07) is 12.6. The van der Waals surface area contributed by atoms with Gasteiger partial charge in [0.05, 0.1) is 26.7 Å². The first-order valence-corrected chi connectivity index (χ1v) is 6.82. The van der Waals surface area contributed by atoms with Crippen LogP contribution in [0.15, 0.2) is 52.3 Å². The summed E-state index contributed by atoms with van der Waals surface area (Å²) in [6.45, 7) is 1.68. The van der Waals surface area contributed by atoms with E-state index < -0.39 is 16.9 Å². The third-order valence-corrected chi connectivity index (χ3v) is 4.37. The summed E-state index contributed by atoms with van der Waals surface area (Å²) in [5, 5.41) is 9.57. The molecule has 2 atom stereocenters. The second-order valence-corrected chi connectivity index (χ2v) is 5.62. The van der Waals surface area contributed by atoms with Gasteiger partial charge >= 0.3 is 0 Å². The van der Waals surface area contributed by atoms with E-state index >= 15 is 0 Å². The third kappa shape index (κ3) is 1.74. The predicted molar refractivity (Wildman–Crippen MR) is 68.3 cm³/mol. The zero-order valence-electron chi connectivity index (χ0n) is 9.79. The van der Waals surface area contributed by atoms with Crippen LogP contribution in [0.1, 0.15) is 18.6 Å². The molecule has 1 heterocycles. The van der Waals surface area contributed by atoms with Crippen molar-refractivity contribution in [2.75, 3.05) is 0 Å². The van der Waals surface area contributed by atoms with Gasteiger partial charge in [-0.15, -0.1) is 0 Å². The molecule has 18 heavy (non-hydrogen) atoms. The van der Waals surface area contributed by atoms with Crippen LogP contribution in [0.4, 0.5) is 0 Å². The van der Waals surface area contributed by atoms with Crippen LogP contribution in [0, 0.1) is 0 Å². The Hall–Kier alpha value is -1.65. The van der Waals surface area contributed by atoms with Crippen LogP contribution in [-0.4, -0.2) is 9.32 Å². The highest BCUT2D eigenvalue weighted by Crippen LogP contribution is 2.40. The van der Waals surface area contributed by atoms with E-state index in [1.807, 2.05) is 12.1 Å². The molecule has 0 bridgehead atoms. The molecular weight excluding hydrogens is 248 g/mol. The molecule has 0 unspecified atom stereocenters. The molecular formula is C14H12O3S. The summed E-state index contributed by atoms with van der Waals surface area (Å²) >= 11 is 0. The summed E-state index contributed by atoms with van der Waals surface area (Å²) in [4.78, 5) is 1.29. The van der Waals surface area contributed by atoms with Gasteiger partial charge < -0.3 is 9.84 Å². The van der Waals surface area contributed by atoms with Crippen molar-refractivity contribution in [2.24, 2.45) is 0 Å². The van der Waals surface area contributed by atoms with E-state index in [0.29, 0.717) is 21.3 Å². The van der Waals surface area contributed by atoms with Crippen molar-refractivity contribution in [1.82, 2.24) is 0 Å². The van der Waals surface area contributed by atoms with Crippen LogP contribution in [0.2, 0.25) is 0 Å². The van der Waals surface area contributed by atoms with Crippen molar-refractivity contribution >= 4 is 10.8 Å². The average Bonchev–Trinajstić information content (AvgIpc) is 2.38. The molecule has 2 aromatic carbocycles. The van der Waals surface area contributed by atoms with E-state index in [9.17, 15) is 9.32 Å². The Morgan fingerprint density at radius 2 is 1.83 bits per heavy atom. The fraction of sp³-hybridized carbons (Fsp3) is 0.143. The second-order valence-electron chi connectivity index (χ2n) is 4.20. The Balaban J connectivity index is 2.14. The zero-order valence-corrected chi connectivity index (χ0v) is 10.6. The van der Waals surface area contributed by atoms with E-state index in [0.717, 1.165) is 5.56 Å². The Bertz CT molecular complexity index is 635. The number of para-hydroxylation sites is 1. The molecule has 0 saturated heterocycles. The monoisotopic (exact) mass is 260 g/mol. The lowest BCUT2D eigenvalue weighted by Crippen LogP contribution is -2.06. The lowest BCUT2D eigenvalue weighted by Gasteiger charge is -2.20. The number of ether oxygens (including phenoxy) is 1. The van der Waals surface area contributed by atoms with Gasteiger partial charge in [0.1, 0.15) is 11.5 Å². The zero-order chi connectivity index (χ0) is 12.7. The summed E-state index contributed by atoms with van der Waals surface area (Å²) < 4.78 is 18.1. The van der Waals surface area contributed by atoms with Gasteiger partial charge in [-0.25, -0.2) is 4.21 Å². The van der Waals surface area contributed by atoms with Gasteiger partial charge in [-0.1, -0.05) is 18.2 Å². The summed E-state index contributed by atoms with van der Waals surface area (Å²) in [7, 11) is -1.25. The molecule has 0 aromatic heterocycles. The van der Waals surface area contributed by atoms with Crippen LogP contribution < -0.4 is 4.74 Å². The fourth-order valence-corrected chi connectivity index (χ4v) is 3.21. The number of fused-ring (bicyclic) bond motifs is 2. The largest absolute Gasteiger partial charge is 0.455 e. The van der Waals surface area contributed by atoms with Crippen LogP contribution in [-0.2, 0) is 10.8 Å². The van der Waals surface area contributed by atoms with Crippen LogP contribution >= 0.6 is 0 Å². The first kappa shape index (κ1) is 11.4. The minimum atomic E-state index is -1.25. The van der Waals surface area contributed by atoms with Gasteiger partial charge in [0.2, 0.25) is 0 Å². The van der Waals surface area contributed by atoms with Gasteiger partial charge in [0.15, 0.2) is 0 Å². The highest BCUT2D eigenvalue weighted by molar-refractivity contribution is 7.85. The lowest BCUT2D eigenvalue weighted by molar-refractivity contribution is 0.199. The van der Waals surface area contributed by atoms with E-state index in [1.54, 1.807) is 37.3 Å². The summed E-state index contributed by atoms with van der Waals surface area (Å²) in [5.41, 5.74) is 0.741. The number of benzene rings is 2. The SMILES string of the molecule is C[C@@H](O)c1ccc2c(c1)[S@@](=O)c1ccccc1O2. The smallest absolute Gasteiger partial charge is 0.144 e. The van der Waals surface area contributed by atoms with Crippen LogP contribution in [0.3, 0.4) is 0 Å². The molecule has 2 aromatic rings. The Labute approximate surface area is 107 Å². The van der Waals surface area contributed by atoms with Gasteiger partial charge in [-0.3, -0.25) is 0 Å². The van der Waals surface area contributed by atoms with Crippen molar-refractivity contribution in [3.8, 4) is 11.5 Å². The highest BCUT2D eigenvalue weighted by Gasteiger charge is 2.24. The molecule has 3 nitrogen and oxygen atoms in total. The van der Waals surface area contributed by atoms with E-state index in [-0.39, 0.29) is 0 Å². The molecule has 0 aliphatic carbocycles. The normalized spacial score (nSPS) is 18.4. The first-order chi connectivity index (χ1) is 8.66. The quantitative estimate of drug-likeness (QED) is 0.731. The highest BCUT2D eigenvalue weighted by atomic mass is 32.2. The van der Waals surface area contributed by atoms with E-state index in [2.05, 4.69) is 0 Å². The van der Waals surface area contributed by atoms with Crippen LogP contribution in [0.5, 0.6) is 11.5 Å². The van der Waals surface area contributed by atoms with Crippen molar-refractivity contribution in [1.29, 1.82) is 0 Å². The van der Waals surface area contributed by atoms with Gasteiger partial charge in [-0.05, 0) is 36.8 Å². The summed E-state index contributed by atoms with van der Waals surface area (Å²) in [5.74, 6) is 1.23. The minimum absolute atomic E-state index is 0.579. The predicted octanol–water partition coefficient (Wildman–Crippen LogP) is 3.01. The molecule has 3 rings (SSSR count). The molecule has 0 spiro atoms. The standard InChI is InChI=1S/C14H12O3S/c1-9(15)10-6-7-12-14(8-10)18(16)13-5-3-2-4-11(13)17-12/h2-9,15H,1H3/t9-,18+/m1/s1. The molecule has 0 saturated carbocycles. The van der Waals surface area contributed by atoms with Crippen molar-refractivity contribution < 1.29 is 14.1 Å². The molecule has 0 fully saturated rings. The van der Waals surface area contributed by atoms with Gasteiger partial charge in [0.25, 0.3) is 0 Å². The Morgan fingerprint density at radius 1 is 1.11 bits per heavy atom. The van der Waals surface area contributed by atoms with Crippen molar-refractivity contribution in [2.45, 2.75) is 22.8 Å². The lowest BCUT2D eigenvalue weighted by atomic mass is 10.1. The second kappa shape index (κ2) is 4.23. The van der Waals surface area contributed by atoms with Crippen molar-refractivity contribution in [3.05, 3.63) is 48.0 Å². The first-order valence-electron chi connectivity index (χ1n) is 5.67. The molecule has 0 amide bonds. The number of hydrogen-bond donors (Lipinski definition) is 1. The number of aliphatic hydroxyl groups is 1. The molecule has 0 radical (unpaired) electrons. The maximum absolute atomic E-state index is 12.4. The van der Waals surface area contributed by atoms with Gasteiger partial charge in [0, 0.05) is 0 Å². The molecule has 1 N–H and O–H groups in total. The minimum Gasteiger partial charge on any atom is -0.455 e. The maximum atomic E-state index is 12.4. The number of aliphatic hydroxyl groups excluding tert-OH is 1. The average molecular weight is 260 g/mol. The number of hydrogen-bond acceptors (Lipinski definition) is 3. The van der Waals surface area contributed by atoms with Gasteiger partial charge in [-0.2, -0.15) is 0 Å². The topological polar surface area (TPSA) is 46.5 Å². The molecule has 1 aliphatic heterocycles. The van der Waals surface area contributed by atoms with Crippen LogP contribution in [0.25, 0.3) is 0 Å². The van der Waals surface area contributed by atoms with E-state index in [4.69, 9.17) is 4.74 Å². The molecule has 92 valence electrons.